The first-order chi connectivity index (χ1) is 14.0. The van der Waals surface area contributed by atoms with Crippen molar-refractivity contribution in [2.24, 2.45) is 5.92 Å². The zero-order chi connectivity index (χ0) is 20.4. The Labute approximate surface area is 173 Å². The van der Waals surface area contributed by atoms with Gasteiger partial charge in [0, 0.05) is 25.7 Å². The Kier molecular flexibility index (Phi) is 6.39. The maximum absolute atomic E-state index is 12.6. The first-order valence-corrected chi connectivity index (χ1v) is 10.8. The van der Waals surface area contributed by atoms with Crippen molar-refractivity contribution in [1.29, 1.82) is 0 Å². The van der Waals surface area contributed by atoms with Crippen LogP contribution < -0.4 is 15.4 Å². The van der Waals surface area contributed by atoms with Crippen LogP contribution in [0.5, 0.6) is 5.75 Å². The van der Waals surface area contributed by atoms with Gasteiger partial charge in [0.1, 0.15) is 12.0 Å². The maximum atomic E-state index is 12.6. The largest absolute Gasteiger partial charge is 0.496 e. The van der Waals surface area contributed by atoms with Gasteiger partial charge in [0.25, 0.3) is 0 Å². The van der Waals surface area contributed by atoms with Crippen molar-refractivity contribution in [1.82, 2.24) is 20.4 Å². The van der Waals surface area contributed by atoms with E-state index in [1.54, 1.807) is 7.11 Å². The summed E-state index contributed by atoms with van der Waals surface area (Å²) < 4.78 is 11.3. The third-order valence-electron chi connectivity index (χ3n) is 6.62. The number of carbonyl (C=O) groups excluding carboxylic acids is 1. The number of rotatable bonds is 5. The number of benzene rings is 1. The predicted molar refractivity (Wildman–Crippen MR) is 111 cm³/mol. The van der Waals surface area contributed by atoms with Crippen molar-refractivity contribution in [2.45, 2.75) is 57.7 Å². The number of hydrogen-bond acceptors (Lipinski definition) is 6. The van der Waals surface area contributed by atoms with E-state index in [9.17, 15) is 4.79 Å². The van der Waals surface area contributed by atoms with Crippen LogP contribution in [0.3, 0.4) is 0 Å². The van der Waals surface area contributed by atoms with Gasteiger partial charge in [-0.2, -0.15) is 0 Å². The molecule has 7 heteroatoms. The van der Waals surface area contributed by atoms with Gasteiger partial charge in [-0.05, 0) is 37.3 Å². The minimum atomic E-state index is -0.135. The van der Waals surface area contributed by atoms with Gasteiger partial charge in [0.15, 0.2) is 0 Å². The third-order valence-corrected chi connectivity index (χ3v) is 6.62. The highest BCUT2D eigenvalue weighted by Gasteiger charge is 2.41. The molecule has 1 aromatic carbocycles. The lowest BCUT2D eigenvalue weighted by atomic mass is 9.95. The second-order valence-corrected chi connectivity index (χ2v) is 8.62. The Hall–Kier alpha value is -1.67. The van der Waals surface area contributed by atoms with Crippen molar-refractivity contribution in [3.63, 3.8) is 0 Å². The number of nitrogens with one attached hydrogen (secondary N) is 2. The molecule has 5 atom stereocenters. The highest BCUT2D eigenvalue weighted by atomic mass is 16.5. The first kappa shape index (κ1) is 20.6. The molecule has 0 spiro atoms. The van der Waals surface area contributed by atoms with Gasteiger partial charge in [-0.25, -0.2) is 0 Å². The highest BCUT2D eigenvalue weighted by Crippen LogP contribution is 2.31. The summed E-state index contributed by atoms with van der Waals surface area (Å²) in [7, 11) is 1.73. The Bertz CT molecular complexity index is 715. The molecule has 29 heavy (non-hydrogen) atoms. The molecular weight excluding hydrogens is 368 g/mol. The van der Waals surface area contributed by atoms with E-state index >= 15 is 0 Å². The molecule has 2 unspecified atom stereocenters. The molecule has 160 valence electrons. The van der Waals surface area contributed by atoms with Crippen LogP contribution in [-0.4, -0.2) is 73.7 Å². The summed E-state index contributed by atoms with van der Waals surface area (Å²) in [5.41, 5.74) is 1.22. The van der Waals surface area contributed by atoms with Crippen LogP contribution in [0.2, 0.25) is 0 Å². The molecule has 7 nitrogen and oxygen atoms in total. The van der Waals surface area contributed by atoms with E-state index in [1.165, 1.54) is 5.56 Å². The van der Waals surface area contributed by atoms with Crippen LogP contribution in [-0.2, 0) is 16.0 Å². The van der Waals surface area contributed by atoms with Gasteiger partial charge in [-0.15, -0.1) is 0 Å². The molecule has 0 bridgehead atoms. The fraction of sp³-hybridized carbons (Fsp3) is 0.682. The summed E-state index contributed by atoms with van der Waals surface area (Å²) in [6.45, 7) is 7.83. The smallest absolute Gasteiger partial charge is 0.225 e. The molecule has 0 radical (unpaired) electrons. The van der Waals surface area contributed by atoms with Gasteiger partial charge in [-0.1, -0.05) is 25.1 Å². The number of likely N-dealkylation sites (tertiary alicyclic amines) is 1. The number of morpholine rings is 1. The average molecular weight is 403 g/mol. The van der Waals surface area contributed by atoms with E-state index in [2.05, 4.69) is 46.4 Å². The molecule has 3 saturated heterocycles. The molecule has 4 rings (SSSR count). The summed E-state index contributed by atoms with van der Waals surface area (Å²) in [6.07, 6.45) is 2.67. The van der Waals surface area contributed by atoms with Crippen molar-refractivity contribution in [3.8, 4) is 5.75 Å². The molecule has 0 aromatic heterocycles. The van der Waals surface area contributed by atoms with Crippen molar-refractivity contribution in [2.75, 3.05) is 33.4 Å². The number of nitrogens with zero attached hydrogens (tertiary/aromatic N) is 2. The lowest BCUT2D eigenvalue weighted by molar-refractivity contribution is -0.132. The van der Waals surface area contributed by atoms with E-state index < -0.39 is 0 Å². The number of para-hydroxylation sites is 1. The van der Waals surface area contributed by atoms with Gasteiger partial charge in [-0.3, -0.25) is 19.9 Å². The molecule has 1 aromatic rings. The summed E-state index contributed by atoms with van der Waals surface area (Å²) >= 11 is 0. The molecular formula is C22H34N4O3. The fourth-order valence-corrected chi connectivity index (χ4v) is 4.99. The minimum absolute atomic E-state index is 0.0583. The maximum Gasteiger partial charge on any atom is 0.225 e. The monoisotopic (exact) mass is 402 g/mol. The zero-order valence-electron chi connectivity index (χ0n) is 17.8. The second kappa shape index (κ2) is 9.00. The van der Waals surface area contributed by atoms with Crippen LogP contribution in [0.1, 0.15) is 32.3 Å². The second-order valence-electron chi connectivity index (χ2n) is 8.62. The summed E-state index contributed by atoms with van der Waals surface area (Å²) in [4.78, 5) is 17.3. The molecule has 0 saturated carbocycles. The molecule has 3 fully saturated rings. The fourth-order valence-electron chi connectivity index (χ4n) is 4.99. The van der Waals surface area contributed by atoms with Crippen LogP contribution in [0.15, 0.2) is 24.3 Å². The SMILES string of the molecule is COc1ccccc1C[C@H]1[C@H](C)CCN1C1NC(=O)CC(N2CCO[C@H](C)C2)N1. The van der Waals surface area contributed by atoms with E-state index in [1.807, 2.05) is 12.1 Å². The van der Waals surface area contributed by atoms with Crippen LogP contribution in [0, 0.1) is 5.92 Å². The Morgan fingerprint density at radius 2 is 2.07 bits per heavy atom. The Morgan fingerprint density at radius 1 is 1.24 bits per heavy atom. The molecule has 2 N–H and O–H groups in total. The number of hydrogen-bond donors (Lipinski definition) is 2. The Morgan fingerprint density at radius 3 is 2.86 bits per heavy atom. The van der Waals surface area contributed by atoms with Gasteiger partial charge in [0.05, 0.1) is 32.4 Å². The van der Waals surface area contributed by atoms with E-state index in [4.69, 9.17) is 9.47 Å². The van der Waals surface area contributed by atoms with Crippen molar-refractivity contribution < 1.29 is 14.3 Å². The van der Waals surface area contributed by atoms with Crippen LogP contribution in [0.4, 0.5) is 0 Å². The standard InChI is InChI=1S/C22H34N4O3/c1-15-8-9-26(18(15)12-17-6-4-5-7-19(17)28-3)22-23-20(13-21(27)24-22)25-10-11-29-16(2)14-25/h4-7,15-16,18,20,22-23H,8-14H2,1-3H3,(H,24,27)/t15-,16-,18+,20?,22?/m1/s1. The highest BCUT2D eigenvalue weighted by molar-refractivity contribution is 5.77. The molecule has 3 aliphatic heterocycles. The van der Waals surface area contributed by atoms with Gasteiger partial charge >= 0.3 is 0 Å². The number of amides is 1. The van der Waals surface area contributed by atoms with Crippen molar-refractivity contribution >= 4 is 5.91 Å². The van der Waals surface area contributed by atoms with Crippen LogP contribution >= 0.6 is 0 Å². The number of methoxy groups -OCH3 is 1. The van der Waals surface area contributed by atoms with E-state index in [0.717, 1.165) is 44.8 Å². The lowest BCUT2D eigenvalue weighted by Crippen LogP contribution is -2.69. The number of carbonyl (C=O) groups is 1. The summed E-state index contributed by atoms with van der Waals surface area (Å²) in [5, 5.41) is 6.90. The van der Waals surface area contributed by atoms with E-state index in [0.29, 0.717) is 18.4 Å². The molecule has 0 aliphatic carbocycles. The van der Waals surface area contributed by atoms with Crippen LogP contribution in [0.25, 0.3) is 0 Å². The number of ether oxygens (including phenoxy) is 2. The van der Waals surface area contributed by atoms with Gasteiger partial charge < -0.3 is 14.8 Å². The topological polar surface area (TPSA) is 66.1 Å². The third kappa shape index (κ3) is 4.58. The van der Waals surface area contributed by atoms with Gasteiger partial charge in [0.2, 0.25) is 5.91 Å². The molecule has 3 heterocycles. The predicted octanol–water partition coefficient (Wildman–Crippen LogP) is 1.39. The summed E-state index contributed by atoms with van der Waals surface area (Å²) in [6, 6.07) is 8.60. The van der Waals surface area contributed by atoms with E-state index in [-0.39, 0.29) is 24.5 Å². The summed E-state index contributed by atoms with van der Waals surface area (Å²) in [5.74, 6) is 1.61. The minimum Gasteiger partial charge on any atom is -0.496 e. The average Bonchev–Trinajstić information content (AvgIpc) is 3.08. The van der Waals surface area contributed by atoms with Crippen molar-refractivity contribution in [3.05, 3.63) is 29.8 Å². The molecule has 1 amide bonds. The lowest BCUT2D eigenvalue weighted by Gasteiger charge is -2.45. The quantitative estimate of drug-likeness (QED) is 0.776. The zero-order valence-corrected chi connectivity index (χ0v) is 17.8. The molecule has 3 aliphatic rings. The normalized spacial score (nSPS) is 34.2. The first-order valence-electron chi connectivity index (χ1n) is 10.8. The Balaban J connectivity index is 1.48.